The number of carbonyl (C=O) groups excluding carboxylic acids is 2. The van der Waals surface area contributed by atoms with Crippen molar-refractivity contribution in [3.63, 3.8) is 0 Å². The smallest absolute Gasteiger partial charge is 0.329 e. The van der Waals surface area contributed by atoms with Crippen LogP contribution >= 0.6 is 0 Å². The topological polar surface area (TPSA) is 151 Å². The molecular formula is C49H73N3O8. The SMILES string of the molecule is CCN(CC)CC.COc1ccccc1-c1cc(CNC(=O)[C@@]2(C)CC[C@]3(C)CC[C@]4(C)C(=CC(=O)[C@@H]5[C@@]6(C)CC[C@@](O)(OCC(=O)O)C(C)(C)C6CC[C@]54C)[C@H]3C2)on1. The first-order valence-corrected chi connectivity index (χ1v) is 22.6. The number of ketones is 1. The molecule has 332 valence electrons. The predicted octanol–water partition coefficient (Wildman–Crippen LogP) is 9.09. The van der Waals surface area contributed by atoms with E-state index < -0.39 is 34.6 Å². The lowest BCUT2D eigenvalue weighted by molar-refractivity contribution is -0.326. The highest BCUT2D eigenvalue weighted by molar-refractivity contribution is 5.96. The Labute approximate surface area is 358 Å². The van der Waals surface area contributed by atoms with Gasteiger partial charge in [0, 0.05) is 34.8 Å². The van der Waals surface area contributed by atoms with Crippen molar-refractivity contribution in [1.29, 1.82) is 0 Å². The van der Waals surface area contributed by atoms with Crippen molar-refractivity contribution in [3.05, 3.63) is 47.7 Å². The number of methoxy groups -OCH3 is 1. The number of carboxylic acid groups (broad SMARTS) is 1. The predicted molar refractivity (Wildman–Crippen MR) is 232 cm³/mol. The second kappa shape index (κ2) is 16.6. The number of carbonyl (C=O) groups is 3. The van der Waals surface area contributed by atoms with Crippen LogP contribution < -0.4 is 10.1 Å². The Hall–Kier alpha value is -3.54. The Bertz CT molecular complexity index is 1950. The molecule has 4 saturated carbocycles. The summed E-state index contributed by atoms with van der Waals surface area (Å²) in [6, 6.07) is 9.46. The molecule has 3 N–H and O–H groups in total. The molecule has 1 aromatic carbocycles. The van der Waals surface area contributed by atoms with E-state index in [0.717, 1.165) is 44.1 Å². The first kappa shape index (κ1) is 46.0. The molecule has 1 unspecified atom stereocenters. The first-order chi connectivity index (χ1) is 28.1. The summed E-state index contributed by atoms with van der Waals surface area (Å²) < 4.78 is 16.8. The van der Waals surface area contributed by atoms with Crippen molar-refractivity contribution in [2.24, 2.45) is 50.2 Å². The fraction of sp³-hybridized carbons (Fsp3) is 0.714. The molecule has 1 aromatic heterocycles. The highest BCUT2D eigenvalue weighted by atomic mass is 16.6. The molecule has 5 aliphatic rings. The van der Waals surface area contributed by atoms with Crippen molar-refractivity contribution in [1.82, 2.24) is 15.4 Å². The number of allylic oxidation sites excluding steroid dienone is 2. The fourth-order valence-corrected chi connectivity index (χ4v) is 13.2. The van der Waals surface area contributed by atoms with Crippen LogP contribution in [0.25, 0.3) is 11.3 Å². The molecule has 11 nitrogen and oxygen atoms in total. The maximum Gasteiger partial charge on any atom is 0.329 e. The van der Waals surface area contributed by atoms with Gasteiger partial charge >= 0.3 is 5.97 Å². The lowest BCUT2D eigenvalue weighted by atomic mass is 9.33. The molecule has 0 spiro atoms. The third-order valence-electron chi connectivity index (χ3n) is 17.4. The lowest BCUT2D eigenvalue weighted by Crippen LogP contribution is -2.69. The van der Waals surface area contributed by atoms with E-state index in [1.165, 1.54) is 25.2 Å². The van der Waals surface area contributed by atoms with Crippen molar-refractivity contribution >= 4 is 17.7 Å². The van der Waals surface area contributed by atoms with Gasteiger partial charge in [-0.15, -0.1) is 0 Å². The van der Waals surface area contributed by atoms with Gasteiger partial charge < -0.3 is 34.4 Å². The number of fused-ring (bicyclic) bond motifs is 7. The van der Waals surface area contributed by atoms with E-state index in [2.05, 4.69) is 70.8 Å². The number of aliphatic hydroxyl groups is 1. The minimum atomic E-state index is -1.59. The number of nitrogens with one attached hydrogen (secondary N) is 1. The molecule has 7 rings (SSSR count). The number of hydrogen-bond donors (Lipinski definition) is 3. The molecule has 60 heavy (non-hydrogen) atoms. The van der Waals surface area contributed by atoms with Gasteiger partial charge in [-0.05, 0) is 123 Å². The average Bonchev–Trinajstić information content (AvgIpc) is 3.69. The summed E-state index contributed by atoms with van der Waals surface area (Å²) in [5.74, 6) is -1.46. The Morgan fingerprint density at radius 1 is 0.933 bits per heavy atom. The Kier molecular flexibility index (Phi) is 12.7. The molecule has 0 radical (unpaired) electrons. The van der Waals surface area contributed by atoms with Crippen LogP contribution in [0.15, 0.2) is 46.5 Å². The van der Waals surface area contributed by atoms with E-state index in [4.69, 9.17) is 14.0 Å². The zero-order chi connectivity index (χ0) is 44.1. The Morgan fingerprint density at radius 2 is 1.60 bits per heavy atom. The normalized spacial score (nSPS) is 36.6. The lowest BCUT2D eigenvalue weighted by Gasteiger charge is -2.71. The second-order valence-electron chi connectivity index (χ2n) is 20.6. The minimum Gasteiger partial charge on any atom is -0.496 e. The molecule has 0 bridgehead atoms. The van der Waals surface area contributed by atoms with Gasteiger partial charge in [-0.25, -0.2) is 4.79 Å². The van der Waals surface area contributed by atoms with Gasteiger partial charge in [0.25, 0.3) is 0 Å². The van der Waals surface area contributed by atoms with Crippen LogP contribution in [0.1, 0.15) is 133 Å². The van der Waals surface area contributed by atoms with Gasteiger partial charge in [0.15, 0.2) is 17.3 Å². The number of rotatable bonds is 11. The third-order valence-corrected chi connectivity index (χ3v) is 17.4. The zero-order valence-corrected chi connectivity index (χ0v) is 38.3. The maximum absolute atomic E-state index is 14.8. The molecule has 1 heterocycles. The monoisotopic (exact) mass is 832 g/mol. The van der Waals surface area contributed by atoms with E-state index in [-0.39, 0.29) is 58.7 Å². The molecule has 0 saturated heterocycles. The third kappa shape index (κ3) is 7.56. The van der Waals surface area contributed by atoms with Crippen molar-refractivity contribution in [2.75, 3.05) is 33.4 Å². The van der Waals surface area contributed by atoms with Crippen LogP contribution in [0.4, 0.5) is 0 Å². The quantitative estimate of drug-likeness (QED) is 0.187. The van der Waals surface area contributed by atoms with Gasteiger partial charge in [0.05, 0.1) is 13.7 Å². The van der Waals surface area contributed by atoms with Gasteiger partial charge in [-0.2, -0.15) is 0 Å². The maximum atomic E-state index is 14.8. The fourth-order valence-electron chi connectivity index (χ4n) is 13.2. The second-order valence-corrected chi connectivity index (χ2v) is 20.6. The number of ether oxygens (including phenoxy) is 2. The van der Waals surface area contributed by atoms with Crippen LogP contribution in [0.5, 0.6) is 5.75 Å². The molecular weight excluding hydrogens is 759 g/mol. The summed E-state index contributed by atoms with van der Waals surface area (Å²) in [5.41, 5.74) is 0.378. The average molecular weight is 832 g/mol. The molecule has 5 aliphatic carbocycles. The number of aliphatic carboxylic acids is 1. The van der Waals surface area contributed by atoms with Crippen LogP contribution in [-0.2, 0) is 25.7 Å². The highest BCUT2D eigenvalue weighted by Crippen LogP contribution is 2.75. The van der Waals surface area contributed by atoms with Gasteiger partial charge in [-0.3, -0.25) is 9.59 Å². The van der Waals surface area contributed by atoms with Crippen LogP contribution in [0.3, 0.4) is 0 Å². The van der Waals surface area contributed by atoms with E-state index >= 15 is 0 Å². The van der Waals surface area contributed by atoms with E-state index in [0.29, 0.717) is 30.0 Å². The Morgan fingerprint density at radius 3 is 2.23 bits per heavy atom. The molecule has 11 heteroatoms. The highest BCUT2D eigenvalue weighted by Gasteiger charge is 2.72. The summed E-state index contributed by atoms with van der Waals surface area (Å²) in [6.07, 6.45) is 8.87. The summed E-state index contributed by atoms with van der Waals surface area (Å²) in [4.78, 5) is 42.7. The molecule has 1 amide bonds. The largest absolute Gasteiger partial charge is 0.496 e. The summed E-state index contributed by atoms with van der Waals surface area (Å²) in [7, 11) is 1.62. The van der Waals surface area contributed by atoms with Gasteiger partial charge in [0.2, 0.25) is 5.91 Å². The number of hydrogen-bond acceptors (Lipinski definition) is 9. The molecule has 9 atom stereocenters. The minimum absolute atomic E-state index is 0.00487. The number of amides is 1. The van der Waals surface area contributed by atoms with Crippen LogP contribution in [0, 0.1) is 50.2 Å². The van der Waals surface area contributed by atoms with Gasteiger partial charge in [-0.1, -0.05) is 92.1 Å². The number of para-hydroxylation sites is 1. The van der Waals surface area contributed by atoms with Gasteiger partial charge in [0.1, 0.15) is 18.1 Å². The van der Waals surface area contributed by atoms with E-state index in [1.54, 1.807) is 7.11 Å². The number of benzene rings is 1. The van der Waals surface area contributed by atoms with Crippen LogP contribution in [-0.4, -0.2) is 77.1 Å². The van der Waals surface area contributed by atoms with E-state index in [1.807, 2.05) is 50.3 Å². The zero-order valence-electron chi connectivity index (χ0n) is 38.3. The summed E-state index contributed by atoms with van der Waals surface area (Å²) >= 11 is 0. The molecule has 0 aliphatic heterocycles. The summed E-state index contributed by atoms with van der Waals surface area (Å²) in [6.45, 7) is 25.2. The standard InChI is InChI=1S/C43H58N2O8.C6H15N/c1-37(2)33-13-14-42(7)35(40(33,5)18-20-43(37,50)52-25-34(47)48)31(46)22-28-29-23-39(4,16-15-38(29,3)17-19-41(28,42)6)36(49)44-24-26-21-30(45-53-26)27-11-9-10-12-32(27)51-8;1-4-7(5-2)6-3/h9-12,21-22,29,33,35,50H,13-20,23-25H2,1-8H3,(H,44,49)(H,47,48);4-6H2,1-3H3/t29-,33?,35-,38-,39+,40+,41-,42-,43-;/m1./s1. The molecule has 2 aromatic rings. The summed E-state index contributed by atoms with van der Waals surface area (Å²) in [5, 5.41) is 28.5. The Balaban J connectivity index is 0.000000793. The first-order valence-electron chi connectivity index (χ1n) is 22.6. The van der Waals surface area contributed by atoms with Crippen LogP contribution in [0.2, 0.25) is 0 Å². The number of carboxylic acids is 1. The number of aromatic nitrogens is 1. The van der Waals surface area contributed by atoms with Crippen molar-refractivity contribution in [2.45, 2.75) is 139 Å². The van der Waals surface area contributed by atoms with Crippen molar-refractivity contribution < 1.29 is 38.6 Å². The van der Waals surface area contributed by atoms with E-state index in [9.17, 15) is 24.6 Å². The van der Waals surface area contributed by atoms with Crippen molar-refractivity contribution in [3.8, 4) is 17.0 Å². The molecule has 4 fully saturated rings. The number of nitrogens with zero attached hydrogens (tertiary/aromatic N) is 2.